The molecule has 2 N–H and O–H groups in total. The maximum Gasteiger partial charge on any atom is 0.243 e. The van der Waals surface area contributed by atoms with E-state index in [0.29, 0.717) is 27.6 Å². The number of rotatable bonds is 14. The summed E-state index contributed by atoms with van der Waals surface area (Å²) in [6, 6.07) is 25.8. The van der Waals surface area contributed by atoms with Crippen LogP contribution in [-0.2, 0) is 45.5 Å². The van der Waals surface area contributed by atoms with Gasteiger partial charge in [-0.1, -0.05) is 83.9 Å². The van der Waals surface area contributed by atoms with Crippen molar-refractivity contribution in [3.63, 3.8) is 0 Å². The van der Waals surface area contributed by atoms with E-state index in [1.165, 1.54) is 29.2 Å². The van der Waals surface area contributed by atoms with Crippen LogP contribution in [0.2, 0.25) is 10.0 Å². The molecule has 0 aromatic heterocycles. The van der Waals surface area contributed by atoms with Crippen LogP contribution in [0.15, 0.2) is 102 Å². The van der Waals surface area contributed by atoms with Crippen LogP contribution >= 0.6 is 23.2 Å². The zero-order chi connectivity index (χ0) is 32.7. The predicted octanol–water partition coefficient (Wildman–Crippen LogP) is 6.46. The van der Waals surface area contributed by atoms with Crippen LogP contribution in [0.1, 0.15) is 41.5 Å². The number of sulfonamides is 1. The van der Waals surface area contributed by atoms with Gasteiger partial charge in [0.2, 0.25) is 21.8 Å². The number of halogens is 3. The summed E-state index contributed by atoms with van der Waals surface area (Å²) in [6.45, 7) is 0.208. The van der Waals surface area contributed by atoms with E-state index < -0.39 is 21.9 Å². The van der Waals surface area contributed by atoms with Gasteiger partial charge in [-0.25, -0.2) is 17.5 Å². The highest BCUT2D eigenvalue weighted by molar-refractivity contribution is 7.89. The van der Waals surface area contributed by atoms with Crippen molar-refractivity contribution < 1.29 is 22.4 Å². The van der Waals surface area contributed by atoms with Gasteiger partial charge in [0.1, 0.15) is 11.9 Å². The summed E-state index contributed by atoms with van der Waals surface area (Å²) in [5.41, 5.74) is 2.98. The monoisotopic (exact) mass is 681 g/mol. The van der Waals surface area contributed by atoms with E-state index >= 15 is 0 Å². The van der Waals surface area contributed by atoms with Gasteiger partial charge >= 0.3 is 0 Å². The maximum absolute atomic E-state index is 14.0. The number of nitrogens with one attached hydrogen (secondary N) is 2. The minimum atomic E-state index is -3.59. The molecule has 0 saturated heterocycles. The molecule has 2 amide bonds. The quantitative estimate of drug-likeness (QED) is 0.160. The molecule has 1 atom stereocenters. The third kappa shape index (κ3) is 9.39. The van der Waals surface area contributed by atoms with Crippen molar-refractivity contribution in [3.8, 4) is 0 Å². The van der Waals surface area contributed by atoms with Crippen LogP contribution in [0, 0.1) is 5.82 Å². The Morgan fingerprint density at radius 3 is 2.20 bits per heavy atom. The lowest BCUT2D eigenvalue weighted by atomic mass is 10.0. The number of amides is 2. The minimum Gasteiger partial charge on any atom is -0.350 e. The van der Waals surface area contributed by atoms with Crippen molar-refractivity contribution in [2.24, 2.45) is 0 Å². The molecule has 1 aliphatic rings. The van der Waals surface area contributed by atoms with Crippen molar-refractivity contribution in [2.75, 3.05) is 0 Å². The Kier molecular flexibility index (Phi) is 11.1. The van der Waals surface area contributed by atoms with Crippen LogP contribution < -0.4 is 10.0 Å². The Balaban J connectivity index is 1.37. The number of hydrogen-bond donors (Lipinski definition) is 2. The van der Waals surface area contributed by atoms with Crippen LogP contribution in [0.25, 0.3) is 0 Å². The fourth-order valence-electron chi connectivity index (χ4n) is 5.02. The van der Waals surface area contributed by atoms with Crippen LogP contribution in [0.3, 0.4) is 0 Å². The number of aryl methyl sites for hydroxylation is 1. The van der Waals surface area contributed by atoms with Gasteiger partial charge < -0.3 is 10.2 Å². The molecular weight excluding hydrogens is 648 g/mol. The third-order valence-electron chi connectivity index (χ3n) is 7.77. The zero-order valence-electron chi connectivity index (χ0n) is 25.0. The second-order valence-electron chi connectivity index (χ2n) is 11.3. The van der Waals surface area contributed by atoms with Gasteiger partial charge in [-0.2, -0.15) is 0 Å². The van der Waals surface area contributed by atoms with E-state index in [4.69, 9.17) is 23.2 Å². The summed E-state index contributed by atoms with van der Waals surface area (Å²) in [5, 5.41) is 3.83. The van der Waals surface area contributed by atoms with E-state index in [-0.39, 0.29) is 48.7 Å². The Bertz CT molecular complexity index is 1770. The Morgan fingerprint density at radius 2 is 1.54 bits per heavy atom. The molecule has 240 valence electrons. The van der Waals surface area contributed by atoms with Crippen molar-refractivity contribution in [1.29, 1.82) is 0 Å². The highest BCUT2D eigenvalue weighted by Crippen LogP contribution is 2.24. The summed E-state index contributed by atoms with van der Waals surface area (Å²) in [6.07, 6.45) is 2.32. The molecule has 0 bridgehead atoms. The summed E-state index contributed by atoms with van der Waals surface area (Å²) >= 11 is 12.4. The fourth-order valence-corrected chi connectivity index (χ4v) is 6.80. The molecule has 0 aliphatic heterocycles. The number of benzene rings is 4. The molecule has 11 heteroatoms. The van der Waals surface area contributed by atoms with Gasteiger partial charge in [0.25, 0.3) is 0 Å². The first-order valence-electron chi connectivity index (χ1n) is 15.0. The van der Waals surface area contributed by atoms with Gasteiger partial charge in [0.15, 0.2) is 0 Å². The van der Waals surface area contributed by atoms with E-state index in [9.17, 15) is 22.4 Å². The first-order chi connectivity index (χ1) is 22.1. The molecule has 4 aromatic carbocycles. The molecule has 0 radical (unpaired) electrons. The molecule has 0 heterocycles. The highest BCUT2D eigenvalue weighted by Gasteiger charge is 2.31. The SMILES string of the molecule is O=C(NCc1ccc(Cl)cc1Cl)[C@@H](Cc1ccccc1)N(Cc1ccc(F)cc1)C(=O)CCc1ccc(S(=O)(=O)NC2CC2)cc1. The summed E-state index contributed by atoms with van der Waals surface area (Å²) in [5.74, 6) is -1.06. The Labute approximate surface area is 278 Å². The first-order valence-corrected chi connectivity index (χ1v) is 17.2. The highest BCUT2D eigenvalue weighted by atomic mass is 35.5. The summed E-state index contributed by atoms with van der Waals surface area (Å²) in [7, 11) is -3.59. The topological polar surface area (TPSA) is 95.6 Å². The van der Waals surface area contributed by atoms with Crippen LogP contribution in [0.5, 0.6) is 0 Å². The van der Waals surface area contributed by atoms with Gasteiger partial charge in [-0.05, 0) is 77.9 Å². The van der Waals surface area contributed by atoms with E-state index in [1.807, 2.05) is 30.3 Å². The first kappa shape index (κ1) is 33.6. The largest absolute Gasteiger partial charge is 0.350 e. The van der Waals surface area contributed by atoms with Gasteiger partial charge in [0.05, 0.1) is 4.90 Å². The number of carbonyl (C=O) groups is 2. The summed E-state index contributed by atoms with van der Waals surface area (Å²) in [4.78, 5) is 29.6. The minimum absolute atomic E-state index is 0.00130. The third-order valence-corrected chi connectivity index (χ3v) is 9.89. The molecule has 0 unspecified atom stereocenters. The van der Waals surface area contributed by atoms with Crippen LogP contribution in [-0.4, -0.2) is 37.2 Å². The van der Waals surface area contributed by atoms with Crippen LogP contribution in [0.4, 0.5) is 4.39 Å². The normalized spacial score (nSPS) is 13.6. The molecule has 5 rings (SSSR count). The fraction of sp³-hybridized carbons (Fsp3) is 0.257. The molecule has 0 spiro atoms. The number of carbonyl (C=O) groups excluding carboxylic acids is 2. The maximum atomic E-state index is 14.0. The molecule has 1 saturated carbocycles. The lowest BCUT2D eigenvalue weighted by Gasteiger charge is -2.32. The number of nitrogens with zero attached hydrogens (tertiary/aromatic N) is 1. The second kappa shape index (κ2) is 15.2. The Hall–Kier alpha value is -3.76. The van der Waals surface area contributed by atoms with E-state index in [2.05, 4.69) is 10.0 Å². The average molecular weight is 683 g/mol. The summed E-state index contributed by atoms with van der Waals surface area (Å²) < 4.78 is 41.5. The van der Waals surface area contributed by atoms with Crippen molar-refractivity contribution in [3.05, 3.63) is 135 Å². The van der Waals surface area contributed by atoms with E-state index in [1.54, 1.807) is 42.5 Å². The zero-order valence-corrected chi connectivity index (χ0v) is 27.3. The number of hydrogen-bond acceptors (Lipinski definition) is 4. The standard InChI is InChI=1S/C35H34Cl2FN3O4S/c36-28-12-11-27(32(37)21-28)22-39-35(43)33(20-25-4-2-1-3-5-25)41(23-26-6-13-29(38)14-7-26)34(42)19-10-24-8-17-31(18-9-24)46(44,45)40-30-15-16-30/h1-9,11-14,17-18,21,30,33,40H,10,15-16,19-20,22-23H2,(H,39,43)/t33-/m1/s1. The smallest absolute Gasteiger partial charge is 0.243 e. The molecule has 7 nitrogen and oxygen atoms in total. The lowest BCUT2D eigenvalue weighted by molar-refractivity contribution is -0.141. The van der Waals surface area contributed by atoms with E-state index in [0.717, 1.165) is 24.0 Å². The van der Waals surface area contributed by atoms with Gasteiger partial charge in [-0.3, -0.25) is 9.59 Å². The molecule has 46 heavy (non-hydrogen) atoms. The lowest BCUT2D eigenvalue weighted by Crippen LogP contribution is -2.50. The molecular formula is C35H34Cl2FN3O4S. The Morgan fingerprint density at radius 1 is 0.870 bits per heavy atom. The second-order valence-corrected chi connectivity index (χ2v) is 13.9. The van der Waals surface area contributed by atoms with Gasteiger partial charge in [0, 0.05) is 42.0 Å². The van der Waals surface area contributed by atoms with Crippen molar-refractivity contribution >= 4 is 45.0 Å². The predicted molar refractivity (Wildman–Crippen MR) is 177 cm³/mol. The van der Waals surface area contributed by atoms with Crippen molar-refractivity contribution in [1.82, 2.24) is 14.9 Å². The molecule has 1 fully saturated rings. The molecule has 4 aromatic rings. The van der Waals surface area contributed by atoms with Gasteiger partial charge in [-0.15, -0.1) is 0 Å². The van der Waals surface area contributed by atoms with Crippen molar-refractivity contribution in [2.45, 2.75) is 62.2 Å². The average Bonchev–Trinajstić information content (AvgIpc) is 3.86. The molecule has 1 aliphatic carbocycles.